The molecule has 30 heavy (non-hydrogen) atoms. The first-order valence-electron chi connectivity index (χ1n) is 9.65. The van der Waals surface area contributed by atoms with Gasteiger partial charge in [-0.2, -0.15) is 5.10 Å². The zero-order valence-electron chi connectivity index (χ0n) is 16.8. The van der Waals surface area contributed by atoms with Crippen molar-refractivity contribution in [3.05, 3.63) is 64.0 Å². The number of carbonyl (C=O) groups excluding carboxylic acids is 2. The molecule has 0 fully saturated rings. The molecule has 0 aliphatic carbocycles. The van der Waals surface area contributed by atoms with Gasteiger partial charge in [0.2, 0.25) is 0 Å². The van der Waals surface area contributed by atoms with Gasteiger partial charge in [-0.3, -0.25) is 9.59 Å². The summed E-state index contributed by atoms with van der Waals surface area (Å²) in [7, 11) is 0. The molecule has 0 unspecified atom stereocenters. The van der Waals surface area contributed by atoms with Gasteiger partial charge in [0.15, 0.2) is 0 Å². The van der Waals surface area contributed by atoms with Crippen LogP contribution in [0.3, 0.4) is 0 Å². The number of thiophene rings is 1. The lowest BCUT2D eigenvalue weighted by molar-refractivity contribution is -0.120. The normalized spacial score (nSPS) is 11.0. The minimum atomic E-state index is -0.420. The van der Waals surface area contributed by atoms with Crippen LogP contribution >= 0.6 is 22.9 Å². The molecule has 1 aromatic heterocycles. The average molecular weight is 443 g/mol. The van der Waals surface area contributed by atoms with E-state index >= 15 is 0 Å². The summed E-state index contributed by atoms with van der Waals surface area (Å²) in [5, 5.41) is 7.76. The lowest BCUT2D eigenvalue weighted by Gasteiger charge is -2.20. The van der Waals surface area contributed by atoms with Crippen LogP contribution in [-0.4, -0.2) is 37.7 Å². The molecule has 0 atom stereocenters. The maximum Gasteiger partial charge on any atom is 0.263 e. The Bertz CT molecular complexity index is 1060. The highest BCUT2D eigenvalue weighted by Gasteiger charge is 2.17. The molecule has 0 radical (unpaired) electrons. The highest BCUT2D eigenvalue weighted by molar-refractivity contribution is 7.21. The molecule has 0 spiro atoms. The summed E-state index contributed by atoms with van der Waals surface area (Å²) in [6.07, 6.45) is 1.56. The summed E-state index contributed by atoms with van der Waals surface area (Å²) in [5.74, 6) is -0.802. The summed E-state index contributed by atoms with van der Waals surface area (Å²) in [6, 6.07) is 15.4. The van der Waals surface area contributed by atoms with Gasteiger partial charge in [-0.05, 0) is 37.6 Å². The monoisotopic (exact) mass is 442 g/mol. The number of hydrogen-bond acceptors (Lipinski definition) is 5. The smallest absolute Gasteiger partial charge is 0.263 e. The van der Waals surface area contributed by atoms with E-state index in [4.69, 9.17) is 11.6 Å². The number of hydrogen-bond donors (Lipinski definition) is 2. The number of fused-ring (bicyclic) bond motifs is 1. The van der Waals surface area contributed by atoms with Gasteiger partial charge in [-0.15, -0.1) is 11.3 Å². The number of nitrogens with zero attached hydrogens (tertiary/aromatic N) is 2. The average Bonchev–Trinajstić information content (AvgIpc) is 3.11. The number of nitrogens with one attached hydrogen (secondary N) is 2. The molecule has 0 bridgehead atoms. The van der Waals surface area contributed by atoms with E-state index in [9.17, 15) is 9.59 Å². The predicted octanol–water partition coefficient (Wildman–Crippen LogP) is 4.28. The third-order valence-corrected chi connectivity index (χ3v) is 6.25. The van der Waals surface area contributed by atoms with Gasteiger partial charge in [0.1, 0.15) is 4.88 Å². The van der Waals surface area contributed by atoms with Gasteiger partial charge >= 0.3 is 0 Å². The van der Waals surface area contributed by atoms with E-state index in [1.54, 1.807) is 6.21 Å². The van der Waals surface area contributed by atoms with Crippen LogP contribution in [0.5, 0.6) is 0 Å². The van der Waals surface area contributed by atoms with Crippen molar-refractivity contribution in [3.8, 4) is 0 Å². The number of anilines is 1. The van der Waals surface area contributed by atoms with Crippen molar-refractivity contribution in [2.75, 3.05) is 24.5 Å². The third kappa shape index (κ3) is 5.17. The molecule has 0 aliphatic heterocycles. The molecule has 0 saturated carbocycles. The SMILES string of the molecule is CCN(CC)c1ccc(/C=N\NC(=O)CNC(=O)c2sc3ccccc3c2Cl)cc1. The summed E-state index contributed by atoms with van der Waals surface area (Å²) in [5.41, 5.74) is 4.42. The van der Waals surface area contributed by atoms with E-state index in [2.05, 4.69) is 34.6 Å². The largest absolute Gasteiger partial charge is 0.372 e. The zero-order chi connectivity index (χ0) is 21.5. The highest BCUT2D eigenvalue weighted by atomic mass is 35.5. The third-order valence-electron chi connectivity index (χ3n) is 4.58. The fourth-order valence-corrected chi connectivity index (χ4v) is 4.41. The van der Waals surface area contributed by atoms with E-state index in [-0.39, 0.29) is 12.5 Å². The van der Waals surface area contributed by atoms with Crippen LogP contribution in [0.25, 0.3) is 10.1 Å². The maximum atomic E-state index is 12.4. The van der Waals surface area contributed by atoms with Crippen molar-refractivity contribution in [2.45, 2.75) is 13.8 Å². The Morgan fingerprint density at radius 2 is 1.80 bits per heavy atom. The first kappa shape index (κ1) is 21.8. The van der Waals surface area contributed by atoms with E-state index in [0.29, 0.717) is 9.90 Å². The Kier molecular flexibility index (Phi) is 7.43. The molecule has 0 saturated heterocycles. The number of benzene rings is 2. The van der Waals surface area contributed by atoms with Crippen molar-refractivity contribution in [2.24, 2.45) is 5.10 Å². The fourth-order valence-electron chi connectivity index (χ4n) is 2.98. The van der Waals surface area contributed by atoms with Gasteiger partial charge in [-0.25, -0.2) is 5.43 Å². The minimum absolute atomic E-state index is 0.193. The van der Waals surface area contributed by atoms with Crippen LogP contribution < -0.4 is 15.6 Å². The number of carbonyl (C=O) groups is 2. The number of rotatable bonds is 8. The van der Waals surface area contributed by atoms with Gasteiger partial charge in [0.05, 0.1) is 17.8 Å². The molecule has 3 aromatic rings. The van der Waals surface area contributed by atoms with Crippen molar-refractivity contribution >= 4 is 56.7 Å². The molecular weight excluding hydrogens is 420 g/mol. The molecule has 8 heteroatoms. The van der Waals surface area contributed by atoms with E-state index < -0.39 is 5.91 Å². The second-order valence-electron chi connectivity index (χ2n) is 6.48. The molecule has 1 heterocycles. The highest BCUT2D eigenvalue weighted by Crippen LogP contribution is 2.34. The summed E-state index contributed by atoms with van der Waals surface area (Å²) >= 11 is 7.59. The second kappa shape index (κ2) is 10.2. The van der Waals surface area contributed by atoms with Gasteiger partial charge in [0.25, 0.3) is 11.8 Å². The van der Waals surface area contributed by atoms with Crippen LogP contribution in [0.15, 0.2) is 53.6 Å². The molecule has 2 aromatic carbocycles. The second-order valence-corrected chi connectivity index (χ2v) is 7.91. The van der Waals surface area contributed by atoms with Crippen LogP contribution in [0.4, 0.5) is 5.69 Å². The molecule has 3 rings (SSSR count). The van der Waals surface area contributed by atoms with E-state index in [0.717, 1.165) is 34.4 Å². The van der Waals surface area contributed by atoms with Crippen molar-refractivity contribution in [1.29, 1.82) is 0 Å². The molecule has 6 nitrogen and oxygen atoms in total. The molecule has 156 valence electrons. The van der Waals surface area contributed by atoms with Crippen molar-refractivity contribution < 1.29 is 9.59 Å². The Labute approximate surface area is 184 Å². The van der Waals surface area contributed by atoms with Gasteiger partial charge in [0, 0.05) is 28.9 Å². The van der Waals surface area contributed by atoms with Gasteiger partial charge < -0.3 is 10.2 Å². The quantitative estimate of drug-likeness (QED) is 0.404. The summed E-state index contributed by atoms with van der Waals surface area (Å²) in [4.78, 5) is 27.0. The topological polar surface area (TPSA) is 73.8 Å². The number of hydrazone groups is 1. The predicted molar refractivity (Wildman–Crippen MR) is 125 cm³/mol. The Morgan fingerprint density at radius 3 is 2.47 bits per heavy atom. The van der Waals surface area contributed by atoms with Crippen LogP contribution in [-0.2, 0) is 4.79 Å². The number of amides is 2. The number of halogens is 1. The molecular formula is C22H23ClN4O2S. The lowest BCUT2D eigenvalue weighted by atomic mass is 10.2. The van der Waals surface area contributed by atoms with Gasteiger partial charge in [-0.1, -0.05) is 41.9 Å². The standard InChI is InChI=1S/C22H23ClN4O2S/c1-3-27(4-2)16-11-9-15(10-12-16)13-25-26-19(28)14-24-22(29)21-20(23)17-7-5-6-8-18(17)30-21/h5-13H,3-4,14H2,1-2H3,(H,24,29)(H,26,28)/b25-13-. The van der Waals surface area contributed by atoms with Crippen LogP contribution in [0.2, 0.25) is 5.02 Å². The fraction of sp³-hybridized carbons (Fsp3) is 0.227. The molecule has 0 aliphatic rings. The Hall–Kier alpha value is -2.90. The maximum absolute atomic E-state index is 12.4. The van der Waals surface area contributed by atoms with Crippen LogP contribution in [0.1, 0.15) is 29.1 Å². The Morgan fingerprint density at radius 1 is 1.10 bits per heavy atom. The van der Waals surface area contributed by atoms with E-state index in [1.807, 2.05) is 48.5 Å². The zero-order valence-corrected chi connectivity index (χ0v) is 18.4. The van der Waals surface area contributed by atoms with Crippen molar-refractivity contribution in [3.63, 3.8) is 0 Å². The van der Waals surface area contributed by atoms with E-state index in [1.165, 1.54) is 11.3 Å². The summed E-state index contributed by atoms with van der Waals surface area (Å²) < 4.78 is 0.925. The molecule has 2 N–H and O–H groups in total. The van der Waals surface area contributed by atoms with Crippen molar-refractivity contribution in [1.82, 2.24) is 10.7 Å². The lowest BCUT2D eigenvalue weighted by Crippen LogP contribution is -2.34. The molecule has 2 amide bonds. The van der Waals surface area contributed by atoms with Crippen LogP contribution in [0, 0.1) is 0 Å². The first-order valence-corrected chi connectivity index (χ1v) is 10.8. The Balaban J connectivity index is 1.50. The minimum Gasteiger partial charge on any atom is -0.372 e. The first-order chi connectivity index (χ1) is 14.5. The summed E-state index contributed by atoms with van der Waals surface area (Å²) in [6.45, 7) is 5.92.